The molecule has 2 spiro atoms. The van der Waals surface area contributed by atoms with Crippen molar-refractivity contribution < 1.29 is 0 Å². The number of aromatic nitrogens is 2. The number of benzene rings is 7. The van der Waals surface area contributed by atoms with Crippen LogP contribution in [-0.4, -0.2) is 9.97 Å². The van der Waals surface area contributed by atoms with E-state index >= 15 is 0 Å². The van der Waals surface area contributed by atoms with Crippen molar-refractivity contribution in [1.82, 2.24) is 9.97 Å². The second kappa shape index (κ2) is 14.1. The molecule has 8 aromatic rings. The van der Waals surface area contributed by atoms with E-state index in [1.54, 1.807) is 22.3 Å². The van der Waals surface area contributed by atoms with E-state index in [9.17, 15) is 0 Å². The van der Waals surface area contributed by atoms with Crippen LogP contribution < -0.4 is 0 Å². The molecule has 0 bridgehead atoms. The Morgan fingerprint density at radius 1 is 0.283 bits per heavy atom. The minimum absolute atomic E-state index is 0.0605. The third-order valence-corrected chi connectivity index (χ3v) is 14.7. The monoisotopic (exact) mass is 772 g/mol. The van der Waals surface area contributed by atoms with Crippen LogP contribution in [0.4, 0.5) is 0 Å². The van der Waals surface area contributed by atoms with Gasteiger partial charge in [-0.15, -0.1) is 0 Å². The summed E-state index contributed by atoms with van der Waals surface area (Å²) in [7, 11) is 0. The van der Waals surface area contributed by atoms with Gasteiger partial charge in [0.2, 0.25) is 0 Å². The highest BCUT2D eigenvalue weighted by Crippen LogP contribution is 2.62. The summed E-state index contributed by atoms with van der Waals surface area (Å²) in [5.74, 6) is 0.736. The highest BCUT2D eigenvalue weighted by Gasteiger charge is 2.49. The standard InChI is InChI=1S/C58H48N2/c1-5-16-39(17-6-1)40-24-26-41(27-25-40)54-38-55(60-56(59-54)42-18-7-2-8-19-42)45-21-15-20-43(34-45)44-28-29-47-49-37-52-48(36-53(49)58(51(47)35-44)32-13-4-14-33-58)46-22-9-10-23-50(46)57(52)30-11-3-12-31-57/h1-2,5-10,15-29,34-38H,3-4,11-14,30-33H2. The van der Waals surface area contributed by atoms with Crippen LogP contribution in [0.25, 0.3) is 78.4 Å². The molecule has 4 aliphatic rings. The Hall–Kier alpha value is -6.38. The minimum atomic E-state index is 0.0605. The van der Waals surface area contributed by atoms with Crippen LogP contribution in [-0.2, 0) is 10.8 Å². The summed E-state index contributed by atoms with van der Waals surface area (Å²) in [4.78, 5) is 10.4. The van der Waals surface area contributed by atoms with E-state index in [1.807, 2.05) is 6.07 Å². The largest absolute Gasteiger partial charge is 0.228 e. The van der Waals surface area contributed by atoms with E-state index in [-0.39, 0.29) is 10.8 Å². The SMILES string of the molecule is c1ccc(-c2ccc(-c3cc(-c4cccc(-c5ccc6c(c5)C5(CCCCC5)c5cc7c(cc5-6)C5(CCCCC5)c5ccccc5-7)c4)nc(-c4ccccc4)n3)cc2)cc1. The van der Waals surface area contributed by atoms with Gasteiger partial charge in [-0.3, -0.25) is 0 Å². The van der Waals surface area contributed by atoms with Crippen LogP contribution in [0, 0.1) is 0 Å². The number of nitrogens with zero attached hydrogens (tertiary/aromatic N) is 2. The molecule has 60 heavy (non-hydrogen) atoms. The fourth-order valence-corrected chi connectivity index (χ4v) is 11.8. The molecule has 7 aromatic carbocycles. The van der Waals surface area contributed by atoms with Gasteiger partial charge in [-0.2, -0.15) is 0 Å². The molecule has 0 aliphatic heterocycles. The van der Waals surface area contributed by atoms with E-state index in [2.05, 4.69) is 164 Å². The predicted molar refractivity (Wildman–Crippen MR) is 248 cm³/mol. The molecule has 1 aromatic heterocycles. The smallest absolute Gasteiger partial charge is 0.160 e. The van der Waals surface area contributed by atoms with E-state index in [4.69, 9.17) is 9.97 Å². The topological polar surface area (TPSA) is 25.8 Å². The molecule has 2 saturated carbocycles. The Labute approximate surface area is 354 Å². The van der Waals surface area contributed by atoms with Crippen molar-refractivity contribution in [1.29, 1.82) is 0 Å². The first-order chi connectivity index (χ1) is 29.7. The summed E-state index contributed by atoms with van der Waals surface area (Å²) >= 11 is 0. The van der Waals surface area contributed by atoms with Gasteiger partial charge in [0.1, 0.15) is 0 Å². The molecule has 2 nitrogen and oxygen atoms in total. The Morgan fingerprint density at radius 2 is 0.750 bits per heavy atom. The molecule has 2 fully saturated rings. The first-order valence-electron chi connectivity index (χ1n) is 22.3. The maximum Gasteiger partial charge on any atom is 0.160 e. The van der Waals surface area contributed by atoms with Gasteiger partial charge in [0.15, 0.2) is 5.82 Å². The zero-order valence-electron chi connectivity index (χ0n) is 34.1. The van der Waals surface area contributed by atoms with E-state index in [0.29, 0.717) is 0 Å². The molecule has 4 aliphatic carbocycles. The number of fused-ring (bicyclic) bond motifs is 10. The zero-order valence-corrected chi connectivity index (χ0v) is 34.1. The van der Waals surface area contributed by atoms with Gasteiger partial charge in [0.25, 0.3) is 0 Å². The molecule has 0 radical (unpaired) electrons. The fraction of sp³-hybridized carbons (Fsp3) is 0.207. The lowest BCUT2D eigenvalue weighted by atomic mass is 9.66. The lowest BCUT2D eigenvalue weighted by Crippen LogP contribution is -2.29. The number of hydrogen-bond acceptors (Lipinski definition) is 2. The molecular weight excluding hydrogens is 725 g/mol. The van der Waals surface area contributed by atoms with Crippen molar-refractivity contribution in [3.8, 4) is 78.4 Å². The Morgan fingerprint density at radius 3 is 1.43 bits per heavy atom. The van der Waals surface area contributed by atoms with Gasteiger partial charge >= 0.3 is 0 Å². The van der Waals surface area contributed by atoms with Gasteiger partial charge in [0.05, 0.1) is 11.4 Å². The van der Waals surface area contributed by atoms with Gasteiger partial charge in [-0.05, 0) is 123 Å². The first-order valence-corrected chi connectivity index (χ1v) is 22.3. The van der Waals surface area contributed by atoms with Gasteiger partial charge < -0.3 is 0 Å². The molecule has 0 saturated heterocycles. The van der Waals surface area contributed by atoms with Crippen LogP contribution in [0.1, 0.15) is 86.5 Å². The summed E-state index contributed by atoms with van der Waals surface area (Å²) in [5.41, 5.74) is 22.5. The third-order valence-electron chi connectivity index (χ3n) is 14.7. The Bertz CT molecular complexity index is 2910. The molecule has 12 rings (SSSR count). The maximum absolute atomic E-state index is 5.22. The van der Waals surface area contributed by atoms with Crippen LogP contribution >= 0.6 is 0 Å². The lowest BCUT2D eigenvalue weighted by molar-refractivity contribution is 0.350. The molecule has 1 heterocycles. The van der Waals surface area contributed by atoms with Crippen molar-refractivity contribution in [3.63, 3.8) is 0 Å². The van der Waals surface area contributed by atoms with Crippen LogP contribution in [0.3, 0.4) is 0 Å². The van der Waals surface area contributed by atoms with Crippen LogP contribution in [0.5, 0.6) is 0 Å². The molecule has 0 unspecified atom stereocenters. The second-order valence-electron chi connectivity index (χ2n) is 17.9. The zero-order chi connectivity index (χ0) is 39.7. The van der Waals surface area contributed by atoms with Crippen molar-refractivity contribution in [2.24, 2.45) is 0 Å². The fourth-order valence-electron chi connectivity index (χ4n) is 11.8. The van der Waals surface area contributed by atoms with Gasteiger partial charge in [0, 0.05) is 27.5 Å². The summed E-state index contributed by atoms with van der Waals surface area (Å²) in [6.45, 7) is 0. The summed E-state index contributed by atoms with van der Waals surface area (Å²) < 4.78 is 0. The molecule has 290 valence electrons. The molecular formula is C58H48N2. The lowest BCUT2D eigenvalue weighted by Gasteiger charge is -2.37. The van der Waals surface area contributed by atoms with E-state index < -0.39 is 0 Å². The average Bonchev–Trinajstić information content (AvgIpc) is 3.73. The molecule has 0 N–H and O–H groups in total. The third kappa shape index (κ3) is 5.60. The predicted octanol–water partition coefficient (Wildman–Crippen LogP) is 15.3. The molecule has 0 amide bonds. The van der Waals surface area contributed by atoms with Gasteiger partial charge in [-0.1, -0.05) is 178 Å². The minimum Gasteiger partial charge on any atom is -0.228 e. The number of hydrogen-bond donors (Lipinski definition) is 0. The number of rotatable bonds is 5. The average molecular weight is 773 g/mol. The summed E-state index contributed by atoms with van der Waals surface area (Å²) in [6.07, 6.45) is 12.9. The Kier molecular flexibility index (Phi) is 8.37. The van der Waals surface area contributed by atoms with Gasteiger partial charge in [-0.25, -0.2) is 9.97 Å². The molecule has 2 heteroatoms. The van der Waals surface area contributed by atoms with Crippen LogP contribution in [0.15, 0.2) is 170 Å². The second-order valence-corrected chi connectivity index (χ2v) is 17.9. The normalized spacial score (nSPS) is 16.6. The summed E-state index contributed by atoms with van der Waals surface area (Å²) in [6, 6.07) is 63.1. The van der Waals surface area contributed by atoms with Crippen molar-refractivity contribution in [2.75, 3.05) is 0 Å². The first kappa shape index (κ1) is 35.6. The quantitative estimate of drug-likeness (QED) is 0.174. The highest BCUT2D eigenvalue weighted by atomic mass is 14.9. The van der Waals surface area contributed by atoms with Crippen LogP contribution in [0.2, 0.25) is 0 Å². The maximum atomic E-state index is 5.22. The molecule has 0 atom stereocenters. The summed E-state index contributed by atoms with van der Waals surface area (Å²) in [5, 5.41) is 0. The van der Waals surface area contributed by atoms with Crippen molar-refractivity contribution in [3.05, 3.63) is 192 Å². The highest BCUT2D eigenvalue weighted by molar-refractivity contribution is 5.91. The van der Waals surface area contributed by atoms with E-state index in [1.165, 1.54) is 109 Å². The Balaban J connectivity index is 0.954. The van der Waals surface area contributed by atoms with Crippen molar-refractivity contribution in [2.45, 2.75) is 75.0 Å². The van der Waals surface area contributed by atoms with E-state index in [0.717, 1.165) is 33.9 Å². The van der Waals surface area contributed by atoms with Crippen molar-refractivity contribution >= 4 is 0 Å².